The molecule has 2 nitrogen and oxygen atoms in total. The molecule has 3 aliphatic carbocycles. The van der Waals surface area contributed by atoms with Gasteiger partial charge in [-0.15, -0.1) is 0 Å². The van der Waals surface area contributed by atoms with Gasteiger partial charge >= 0.3 is 0 Å². The molecule has 15 heavy (non-hydrogen) atoms. The van der Waals surface area contributed by atoms with Crippen molar-refractivity contribution in [3.63, 3.8) is 0 Å². The van der Waals surface area contributed by atoms with Crippen LogP contribution in [-0.4, -0.2) is 29.8 Å². The third kappa shape index (κ3) is 1.12. The second-order valence-corrected chi connectivity index (χ2v) is 7.15. The number of aldehydes is 1. The molecule has 2 heteroatoms. The van der Waals surface area contributed by atoms with Gasteiger partial charge in [0.2, 0.25) is 0 Å². The van der Waals surface area contributed by atoms with Gasteiger partial charge in [0, 0.05) is 24.0 Å². The van der Waals surface area contributed by atoms with Gasteiger partial charge in [0.25, 0.3) is 0 Å². The summed E-state index contributed by atoms with van der Waals surface area (Å²) in [5, 5.41) is 0. The molecule has 4 fully saturated rings. The van der Waals surface area contributed by atoms with Crippen molar-refractivity contribution in [1.82, 2.24) is 4.90 Å². The fourth-order valence-electron chi connectivity index (χ4n) is 3.92. The minimum absolute atomic E-state index is 0.155. The van der Waals surface area contributed by atoms with Crippen molar-refractivity contribution in [2.45, 2.75) is 45.6 Å². The number of hydrogen-bond acceptors (Lipinski definition) is 2. The van der Waals surface area contributed by atoms with Crippen molar-refractivity contribution in [1.29, 1.82) is 0 Å². The highest BCUT2D eigenvalue weighted by molar-refractivity contribution is 5.66. The van der Waals surface area contributed by atoms with E-state index in [1.54, 1.807) is 0 Å². The lowest BCUT2D eigenvalue weighted by atomic mass is 9.32. The van der Waals surface area contributed by atoms with Gasteiger partial charge in [0.15, 0.2) is 0 Å². The number of nitrogens with zero attached hydrogens (tertiary/aromatic N) is 1. The van der Waals surface area contributed by atoms with Crippen molar-refractivity contribution in [2.75, 3.05) is 13.1 Å². The number of hydrogen-bond donors (Lipinski definition) is 0. The van der Waals surface area contributed by atoms with Crippen LogP contribution in [0.2, 0.25) is 0 Å². The van der Waals surface area contributed by atoms with E-state index < -0.39 is 0 Å². The maximum atomic E-state index is 10.8. The lowest BCUT2D eigenvalue weighted by Gasteiger charge is -2.74. The second kappa shape index (κ2) is 2.48. The Morgan fingerprint density at radius 1 is 1.20 bits per heavy atom. The summed E-state index contributed by atoms with van der Waals surface area (Å²) in [5.74, 6) is 0.888. The molecular formula is C13H21NO. The Morgan fingerprint density at radius 2 is 1.73 bits per heavy atom. The van der Waals surface area contributed by atoms with Crippen LogP contribution in [0.15, 0.2) is 0 Å². The van der Waals surface area contributed by atoms with Crippen molar-refractivity contribution in [3.8, 4) is 0 Å². The summed E-state index contributed by atoms with van der Waals surface area (Å²) in [6, 6.07) is 0. The molecule has 0 aromatic carbocycles. The van der Waals surface area contributed by atoms with Crippen LogP contribution in [-0.2, 0) is 4.79 Å². The van der Waals surface area contributed by atoms with Crippen molar-refractivity contribution in [2.24, 2.45) is 16.7 Å². The lowest BCUT2D eigenvalue weighted by molar-refractivity contribution is -0.246. The van der Waals surface area contributed by atoms with Crippen LogP contribution in [0.25, 0.3) is 0 Å². The molecule has 0 radical (unpaired) electrons. The fourth-order valence-corrected chi connectivity index (χ4v) is 3.92. The molecule has 1 heterocycles. The van der Waals surface area contributed by atoms with E-state index >= 15 is 0 Å². The fraction of sp³-hybridized carbons (Fsp3) is 0.923. The first-order chi connectivity index (χ1) is 6.89. The molecule has 0 N–H and O–H groups in total. The first kappa shape index (κ1) is 9.83. The third-order valence-corrected chi connectivity index (χ3v) is 5.06. The van der Waals surface area contributed by atoms with Gasteiger partial charge < -0.3 is 4.79 Å². The predicted molar refractivity (Wildman–Crippen MR) is 59.6 cm³/mol. The van der Waals surface area contributed by atoms with Gasteiger partial charge in [-0.25, -0.2) is 0 Å². The normalized spacial score (nSPS) is 45.3. The highest BCUT2D eigenvalue weighted by atomic mass is 16.1. The number of rotatable bonds is 2. The molecule has 0 aromatic heterocycles. The third-order valence-electron chi connectivity index (χ3n) is 5.06. The van der Waals surface area contributed by atoms with E-state index in [9.17, 15) is 4.79 Å². The molecule has 4 aliphatic rings. The van der Waals surface area contributed by atoms with Crippen LogP contribution in [0, 0.1) is 16.7 Å². The Kier molecular flexibility index (Phi) is 1.62. The molecule has 0 amide bonds. The molecule has 1 aliphatic heterocycles. The highest BCUT2D eigenvalue weighted by Gasteiger charge is 2.71. The minimum atomic E-state index is 0.155. The summed E-state index contributed by atoms with van der Waals surface area (Å²) in [5.41, 5.74) is 1.09. The van der Waals surface area contributed by atoms with Crippen molar-refractivity contribution >= 4 is 6.29 Å². The molecule has 2 bridgehead atoms. The van der Waals surface area contributed by atoms with Gasteiger partial charge in [-0.2, -0.15) is 0 Å². The molecule has 0 spiro atoms. The van der Waals surface area contributed by atoms with Gasteiger partial charge in [0.05, 0.1) is 0 Å². The first-order valence-corrected chi connectivity index (χ1v) is 6.11. The highest BCUT2D eigenvalue weighted by Crippen LogP contribution is 2.76. The Bertz CT molecular complexity index is 289. The largest absolute Gasteiger partial charge is 0.303 e. The predicted octanol–water partition coefficient (Wildman–Crippen LogP) is 2.09. The van der Waals surface area contributed by atoms with Crippen LogP contribution >= 0.6 is 0 Å². The molecule has 1 saturated heterocycles. The number of carbonyl (C=O) groups excluding carboxylic acids is 1. The van der Waals surface area contributed by atoms with Crippen LogP contribution in [0.1, 0.15) is 40.0 Å². The van der Waals surface area contributed by atoms with Crippen LogP contribution in [0.5, 0.6) is 0 Å². The summed E-state index contributed by atoms with van der Waals surface area (Å²) in [6.07, 6.45) is 4.82. The van der Waals surface area contributed by atoms with E-state index in [-0.39, 0.29) is 5.41 Å². The van der Waals surface area contributed by atoms with Crippen molar-refractivity contribution < 1.29 is 4.79 Å². The number of likely N-dealkylation sites (tertiary alicyclic amines) is 1. The van der Waals surface area contributed by atoms with Crippen molar-refractivity contribution in [3.05, 3.63) is 0 Å². The summed E-state index contributed by atoms with van der Waals surface area (Å²) < 4.78 is 0. The molecule has 0 unspecified atom stereocenters. The number of carbonyl (C=O) groups is 1. The van der Waals surface area contributed by atoms with Crippen LogP contribution in [0.4, 0.5) is 0 Å². The van der Waals surface area contributed by atoms with Crippen LogP contribution in [0.3, 0.4) is 0 Å². The van der Waals surface area contributed by atoms with Gasteiger partial charge in [-0.1, -0.05) is 0 Å². The zero-order chi connectivity index (χ0) is 10.9. The average molecular weight is 207 g/mol. The summed E-state index contributed by atoms with van der Waals surface area (Å²) in [6.45, 7) is 9.39. The smallest absolute Gasteiger partial charge is 0.126 e. The van der Waals surface area contributed by atoms with Gasteiger partial charge in [0.1, 0.15) is 6.29 Å². The van der Waals surface area contributed by atoms with E-state index in [1.807, 2.05) is 0 Å². The van der Waals surface area contributed by atoms with E-state index in [4.69, 9.17) is 0 Å². The van der Waals surface area contributed by atoms with E-state index in [0.717, 1.165) is 5.92 Å². The summed E-state index contributed by atoms with van der Waals surface area (Å²) in [7, 11) is 0. The maximum absolute atomic E-state index is 10.8. The Hall–Kier alpha value is -0.370. The molecule has 3 saturated carbocycles. The van der Waals surface area contributed by atoms with Gasteiger partial charge in [-0.05, 0) is 51.4 Å². The monoisotopic (exact) mass is 207 g/mol. The molecular weight excluding hydrogens is 186 g/mol. The molecule has 84 valence electrons. The van der Waals surface area contributed by atoms with E-state index in [1.165, 1.54) is 38.6 Å². The first-order valence-electron chi connectivity index (χ1n) is 6.11. The zero-order valence-corrected chi connectivity index (χ0v) is 10.0. The zero-order valence-electron chi connectivity index (χ0n) is 10.0. The molecule has 0 aromatic rings. The SMILES string of the molecule is CC(C)(C)N1CC(C23CC(C=O)(C2)C3)C1. The molecule has 4 rings (SSSR count). The van der Waals surface area contributed by atoms with Crippen LogP contribution < -0.4 is 0 Å². The Labute approximate surface area is 92.0 Å². The van der Waals surface area contributed by atoms with Gasteiger partial charge in [-0.3, -0.25) is 4.90 Å². The molecule has 0 atom stereocenters. The quantitative estimate of drug-likeness (QED) is 0.646. The Morgan fingerprint density at radius 3 is 2.13 bits per heavy atom. The second-order valence-electron chi connectivity index (χ2n) is 7.15. The Balaban J connectivity index is 1.56. The lowest BCUT2D eigenvalue weighted by Crippen LogP contribution is -2.72. The van der Waals surface area contributed by atoms with E-state index in [2.05, 4.69) is 25.7 Å². The topological polar surface area (TPSA) is 20.3 Å². The van der Waals surface area contributed by atoms with E-state index in [0.29, 0.717) is 11.0 Å². The average Bonchev–Trinajstić information content (AvgIpc) is 1.84. The summed E-state index contributed by atoms with van der Waals surface area (Å²) >= 11 is 0. The summed E-state index contributed by atoms with van der Waals surface area (Å²) in [4.78, 5) is 13.4. The standard InChI is InChI=1S/C13H21NO/c1-11(2,3)14-4-10(5-14)13-6-12(7-13,8-13)9-15/h9-10H,4-8H2,1-3H3. The minimum Gasteiger partial charge on any atom is -0.303 e. The maximum Gasteiger partial charge on any atom is 0.126 e.